The van der Waals surface area contributed by atoms with Crippen LogP contribution in [0.5, 0.6) is 0 Å². The van der Waals surface area contributed by atoms with Gasteiger partial charge < -0.3 is 16.4 Å². The molecule has 2 amide bonds. The van der Waals surface area contributed by atoms with E-state index in [4.69, 9.17) is 5.73 Å². The van der Waals surface area contributed by atoms with Crippen molar-refractivity contribution in [1.82, 2.24) is 10.6 Å². The van der Waals surface area contributed by atoms with Crippen LogP contribution in [0.25, 0.3) is 0 Å². The smallest absolute Gasteiger partial charge is 0.224 e. The van der Waals surface area contributed by atoms with Gasteiger partial charge in [0, 0.05) is 25.0 Å². The fraction of sp³-hybridized carbons (Fsp3) is 0.467. The standard InChI is InChI=1S/C15H23N3O2.ClH/c1-15(2,16)11-18-13(19)8-9-17-14(20)10-12-6-4-3-5-7-12;/h3-7H,8-11,16H2,1-2H3,(H,17,20)(H,18,19);1H. The summed E-state index contributed by atoms with van der Waals surface area (Å²) in [5.41, 5.74) is 6.30. The molecule has 0 saturated heterocycles. The van der Waals surface area contributed by atoms with Crippen LogP contribution >= 0.6 is 12.4 Å². The molecule has 1 aromatic carbocycles. The Morgan fingerprint density at radius 1 is 1.10 bits per heavy atom. The number of nitrogens with two attached hydrogens (primary N) is 1. The Labute approximate surface area is 132 Å². The Balaban J connectivity index is 0.00000400. The van der Waals surface area contributed by atoms with Crippen molar-refractivity contribution in [2.75, 3.05) is 13.1 Å². The maximum Gasteiger partial charge on any atom is 0.224 e. The second kappa shape index (κ2) is 9.37. The number of carbonyl (C=O) groups excluding carboxylic acids is 2. The molecule has 0 bridgehead atoms. The number of rotatable bonds is 7. The van der Waals surface area contributed by atoms with Gasteiger partial charge in [-0.05, 0) is 19.4 Å². The van der Waals surface area contributed by atoms with Crippen molar-refractivity contribution in [3.63, 3.8) is 0 Å². The molecule has 4 N–H and O–H groups in total. The van der Waals surface area contributed by atoms with Gasteiger partial charge in [0.05, 0.1) is 6.42 Å². The number of nitrogens with one attached hydrogen (secondary N) is 2. The van der Waals surface area contributed by atoms with Gasteiger partial charge in [0.15, 0.2) is 0 Å². The van der Waals surface area contributed by atoms with E-state index in [9.17, 15) is 9.59 Å². The van der Waals surface area contributed by atoms with Crippen LogP contribution in [-0.2, 0) is 16.0 Å². The van der Waals surface area contributed by atoms with E-state index in [1.807, 2.05) is 44.2 Å². The fourth-order valence-corrected chi connectivity index (χ4v) is 1.57. The van der Waals surface area contributed by atoms with E-state index in [1.54, 1.807) is 0 Å². The summed E-state index contributed by atoms with van der Waals surface area (Å²) in [5.74, 6) is -0.188. The third kappa shape index (κ3) is 9.87. The van der Waals surface area contributed by atoms with Gasteiger partial charge in [-0.15, -0.1) is 12.4 Å². The summed E-state index contributed by atoms with van der Waals surface area (Å²) in [5, 5.41) is 5.46. The molecular weight excluding hydrogens is 290 g/mol. The van der Waals surface area contributed by atoms with E-state index in [2.05, 4.69) is 10.6 Å². The quantitative estimate of drug-likeness (QED) is 0.702. The molecule has 0 aliphatic carbocycles. The predicted molar refractivity (Wildman–Crippen MR) is 86.3 cm³/mol. The van der Waals surface area contributed by atoms with E-state index in [0.29, 0.717) is 19.5 Å². The van der Waals surface area contributed by atoms with E-state index in [1.165, 1.54) is 0 Å². The molecule has 6 heteroatoms. The first kappa shape index (κ1) is 19.4. The third-order valence-corrected chi connectivity index (χ3v) is 2.62. The molecule has 0 heterocycles. The molecule has 5 nitrogen and oxygen atoms in total. The number of carbonyl (C=O) groups is 2. The maximum absolute atomic E-state index is 11.6. The van der Waals surface area contributed by atoms with E-state index < -0.39 is 5.54 Å². The van der Waals surface area contributed by atoms with Crippen LogP contribution in [0.15, 0.2) is 30.3 Å². The zero-order valence-electron chi connectivity index (χ0n) is 12.5. The highest BCUT2D eigenvalue weighted by Crippen LogP contribution is 1.99. The minimum absolute atomic E-state index is 0. The molecule has 0 atom stereocenters. The highest BCUT2D eigenvalue weighted by Gasteiger charge is 2.12. The maximum atomic E-state index is 11.6. The molecule has 0 radical (unpaired) electrons. The summed E-state index contributed by atoms with van der Waals surface area (Å²) < 4.78 is 0. The molecule has 0 aromatic heterocycles. The molecule has 0 unspecified atom stereocenters. The van der Waals surface area contributed by atoms with Crippen LogP contribution in [-0.4, -0.2) is 30.4 Å². The van der Waals surface area contributed by atoms with Gasteiger partial charge in [0.1, 0.15) is 0 Å². The monoisotopic (exact) mass is 313 g/mol. The van der Waals surface area contributed by atoms with Crippen LogP contribution in [0, 0.1) is 0 Å². The fourth-order valence-electron chi connectivity index (χ4n) is 1.57. The van der Waals surface area contributed by atoms with Crippen molar-refractivity contribution in [2.45, 2.75) is 32.2 Å². The first-order chi connectivity index (χ1) is 9.37. The van der Waals surface area contributed by atoms with Crippen molar-refractivity contribution in [1.29, 1.82) is 0 Å². The Morgan fingerprint density at radius 3 is 2.29 bits per heavy atom. The number of hydrogen-bond acceptors (Lipinski definition) is 3. The topological polar surface area (TPSA) is 84.2 Å². The van der Waals surface area contributed by atoms with Crippen LogP contribution < -0.4 is 16.4 Å². The van der Waals surface area contributed by atoms with Crippen LogP contribution in [0.4, 0.5) is 0 Å². The second-order valence-electron chi connectivity index (χ2n) is 5.53. The lowest BCUT2D eigenvalue weighted by Gasteiger charge is -2.18. The van der Waals surface area contributed by atoms with Crippen LogP contribution in [0.1, 0.15) is 25.8 Å². The Hall–Kier alpha value is -1.59. The Kier molecular flexibility index (Phi) is 8.66. The van der Waals surface area contributed by atoms with Gasteiger partial charge in [-0.3, -0.25) is 9.59 Å². The number of benzene rings is 1. The Bertz CT molecular complexity index is 444. The average molecular weight is 314 g/mol. The highest BCUT2D eigenvalue weighted by atomic mass is 35.5. The molecule has 0 spiro atoms. The summed E-state index contributed by atoms with van der Waals surface area (Å²) in [6.07, 6.45) is 0.592. The van der Waals surface area contributed by atoms with E-state index in [0.717, 1.165) is 5.56 Å². The minimum Gasteiger partial charge on any atom is -0.355 e. The van der Waals surface area contributed by atoms with E-state index >= 15 is 0 Å². The molecule has 1 aromatic rings. The van der Waals surface area contributed by atoms with Gasteiger partial charge >= 0.3 is 0 Å². The zero-order valence-corrected chi connectivity index (χ0v) is 13.3. The molecule has 21 heavy (non-hydrogen) atoms. The van der Waals surface area contributed by atoms with Crippen LogP contribution in [0.3, 0.4) is 0 Å². The van der Waals surface area contributed by atoms with Gasteiger partial charge in [-0.25, -0.2) is 0 Å². The summed E-state index contributed by atoms with van der Waals surface area (Å²) >= 11 is 0. The van der Waals surface area contributed by atoms with Crippen molar-refractivity contribution >= 4 is 24.2 Å². The first-order valence-electron chi connectivity index (χ1n) is 6.73. The van der Waals surface area contributed by atoms with Gasteiger partial charge in [-0.1, -0.05) is 30.3 Å². The normalized spacial score (nSPS) is 10.4. The summed E-state index contributed by atoms with van der Waals surface area (Å²) in [6.45, 7) is 4.44. The lowest BCUT2D eigenvalue weighted by Crippen LogP contribution is -2.45. The largest absolute Gasteiger partial charge is 0.355 e. The number of halogens is 1. The molecule has 0 aliphatic rings. The summed E-state index contributed by atoms with van der Waals surface area (Å²) in [6, 6.07) is 9.49. The minimum atomic E-state index is -0.424. The first-order valence-corrected chi connectivity index (χ1v) is 6.73. The van der Waals surface area contributed by atoms with E-state index in [-0.39, 0.29) is 30.6 Å². The SMILES string of the molecule is CC(C)(N)CNC(=O)CCNC(=O)Cc1ccccc1.Cl. The van der Waals surface area contributed by atoms with Gasteiger partial charge in [-0.2, -0.15) is 0 Å². The molecule has 118 valence electrons. The van der Waals surface area contributed by atoms with Crippen molar-refractivity contribution in [3.8, 4) is 0 Å². The number of amides is 2. The van der Waals surface area contributed by atoms with Crippen molar-refractivity contribution < 1.29 is 9.59 Å². The summed E-state index contributed by atoms with van der Waals surface area (Å²) in [7, 11) is 0. The molecular formula is C15H24ClN3O2. The molecule has 0 fully saturated rings. The second-order valence-corrected chi connectivity index (χ2v) is 5.53. The lowest BCUT2D eigenvalue weighted by molar-refractivity contribution is -0.122. The zero-order chi connectivity index (χ0) is 15.0. The van der Waals surface area contributed by atoms with Crippen LogP contribution in [0.2, 0.25) is 0 Å². The van der Waals surface area contributed by atoms with Gasteiger partial charge in [0.2, 0.25) is 11.8 Å². The van der Waals surface area contributed by atoms with Crippen molar-refractivity contribution in [2.24, 2.45) is 5.73 Å². The summed E-state index contributed by atoms with van der Waals surface area (Å²) in [4.78, 5) is 23.2. The molecule has 1 rings (SSSR count). The average Bonchev–Trinajstić information content (AvgIpc) is 2.37. The lowest BCUT2D eigenvalue weighted by atomic mass is 10.1. The predicted octanol–water partition coefficient (Wildman–Crippen LogP) is 1.01. The Morgan fingerprint density at radius 2 is 1.71 bits per heavy atom. The third-order valence-electron chi connectivity index (χ3n) is 2.62. The molecule has 0 saturated carbocycles. The molecule has 0 aliphatic heterocycles. The number of hydrogen-bond donors (Lipinski definition) is 3. The van der Waals surface area contributed by atoms with Gasteiger partial charge in [0.25, 0.3) is 0 Å². The van der Waals surface area contributed by atoms with Crippen molar-refractivity contribution in [3.05, 3.63) is 35.9 Å². The highest BCUT2D eigenvalue weighted by molar-refractivity contribution is 5.85.